The van der Waals surface area contributed by atoms with Gasteiger partial charge in [-0.2, -0.15) is 27.9 Å². The van der Waals surface area contributed by atoms with Gasteiger partial charge in [0.05, 0.1) is 7.11 Å². The monoisotopic (exact) mass is 353 g/mol. The molecule has 0 unspecified atom stereocenters. The first kappa shape index (κ1) is 16.4. The van der Waals surface area contributed by atoms with Crippen LogP contribution in [0.25, 0.3) is 12.2 Å². The Morgan fingerprint density at radius 2 is 1.67 bits per heavy atom. The number of nitrogens with zero attached hydrogens (tertiary/aromatic N) is 1. The van der Waals surface area contributed by atoms with Gasteiger partial charge in [0.15, 0.2) is 0 Å². The molecule has 1 aliphatic rings. The standard InChI is InChI=1S/C19H15NO2S2/c1-22-19(21)17(10-20)18-15(8-13-4-6-23-11-13)2-3-16(18)9-14-5-7-24-12-14/h4-9,11-12H,2-3H2,1H3/b15-8+,16-9+. The van der Waals surface area contributed by atoms with Crippen LogP contribution >= 0.6 is 22.7 Å². The van der Waals surface area contributed by atoms with E-state index < -0.39 is 5.97 Å². The van der Waals surface area contributed by atoms with Crippen LogP contribution in [0, 0.1) is 11.3 Å². The van der Waals surface area contributed by atoms with Gasteiger partial charge in [-0.05, 0) is 68.8 Å². The van der Waals surface area contributed by atoms with Crippen molar-refractivity contribution in [1.29, 1.82) is 5.26 Å². The normalized spacial score (nSPS) is 17.2. The van der Waals surface area contributed by atoms with Crippen molar-refractivity contribution in [3.05, 3.63) is 67.1 Å². The van der Waals surface area contributed by atoms with Crippen LogP contribution in [0.15, 0.2) is 55.9 Å². The Hall–Kier alpha value is -2.42. The number of allylic oxidation sites excluding steroid dienone is 3. The number of methoxy groups -OCH3 is 1. The van der Waals surface area contributed by atoms with Crippen molar-refractivity contribution in [3.63, 3.8) is 0 Å². The van der Waals surface area contributed by atoms with E-state index in [0.717, 1.165) is 40.7 Å². The highest BCUT2D eigenvalue weighted by Gasteiger charge is 2.27. The van der Waals surface area contributed by atoms with Crippen molar-refractivity contribution in [2.24, 2.45) is 0 Å². The molecule has 1 fully saturated rings. The molecule has 0 N–H and O–H groups in total. The van der Waals surface area contributed by atoms with E-state index in [1.54, 1.807) is 22.7 Å². The molecular formula is C19H15NO2S2. The van der Waals surface area contributed by atoms with E-state index in [1.807, 2.05) is 29.0 Å². The van der Waals surface area contributed by atoms with Gasteiger partial charge < -0.3 is 4.74 Å². The third-order valence-electron chi connectivity index (χ3n) is 3.83. The first-order chi connectivity index (χ1) is 11.7. The van der Waals surface area contributed by atoms with E-state index in [-0.39, 0.29) is 5.57 Å². The third kappa shape index (κ3) is 3.40. The lowest BCUT2D eigenvalue weighted by Gasteiger charge is -2.07. The fourth-order valence-electron chi connectivity index (χ4n) is 2.76. The van der Waals surface area contributed by atoms with Crippen LogP contribution in [0.5, 0.6) is 0 Å². The molecule has 0 amide bonds. The first-order valence-electron chi connectivity index (χ1n) is 7.42. The molecule has 0 aliphatic heterocycles. The molecule has 0 saturated heterocycles. The van der Waals surface area contributed by atoms with Gasteiger partial charge in [0, 0.05) is 5.57 Å². The highest BCUT2D eigenvalue weighted by Crippen LogP contribution is 2.40. The van der Waals surface area contributed by atoms with E-state index in [9.17, 15) is 10.1 Å². The Balaban J connectivity index is 2.14. The van der Waals surface area contributed by atoms with Crippen LogP contribution in [-0.4, -0.2) is 13.1 Å². The van der Waals surface area contributed by atoms with Gasteiger partial charge in [0.2, 0.25) is 0 Å². The second kappa shape index (κ2) is 7.43. The number of hydrogen-bond acceptors (Lipinski definition) is 5. The van der Waals surface area contributed by atoms with E-state index in [2.05, 4.69) is 22.9 Å². The van der Waals surface area contributed by atoms with Gasteiger partial charge in [0.25, 0.3) is 0 Å². The maximum absolute atomic E-state index is 12.1. The summed E-state index contributed by atoms with van der Waals surface area (Å²) >= 11 is 3.25. The summed E-state index contributed by atoms with van der Waals surface area (Å²) < 4.78 is 4.81. The Kier molecular flexibility index (Phi) is 5.09. The molecule has 120 valence electrons. The van der Waals surface area contributed by atoms with Crippen molar-refractivity contribution in [2.45, 2.75) is 12.8 Å². The summed E-state index contributed by atoms with van der Waals surface area (Å²) in [4.78, 5) is 12.1. The lowest BCUT2D eigenvalue weighted by molar-refractivity contribution is -0.135. The van der Waals surface area contributed by atoms with Crippen LogP contribution in [0.3, 0.4) is 0 Å². The lowest BCUT2D eigenvalue weighted by Crippen LogP contribution is -2.06. The summed E-state index contributed by atoms with van der Waals surface area (Å²) in [5.74, 6) is -0.582. The topological polar surface area (TPSA) is 50.1 Å². The average Bonchev–Trinajstić information content (AvgIpc) is 3.34. The molecule has 24 heavy (non-hydrogen) atoms. The molecule has 0 bridgehead atoms. The van der Waals surface area contributed by atoms with E-state index in [0.29, 0.717) is 0 Å². The largest absolute Gasteiger partial charge is 0.465 e. The number of carbonyl (C=O) groups is 1. The Labute approximate surface area is 148 Å². The van der Waals surface area contributed by atoms with Crippen molar-refractivity contribution in [2.75, 3.05) is 7.11 Å². The third-order valence-corrected chi connectivity index (χ3v) is 5.23. The molecule has 2 aromatic heterocycles. The fraction of sp³-hybridized carbons (Fsp3) is 0.158. The molecule has 2 heterocycles. The molecule has 5 heteroatoms. The average molecular weight is 353 g/mol. The van der Waals surface area contributed by atoms with Crippen molar-refractivity contribution < 1.29 is 9.53 Å². The van der Waals surface area contributed by atoms with Crippen LogP contribution in [0.1, 0.15) is 24.0 Å². The number of nitriles is 1. The molecule has 3 nitrogen and oxygen atoms in total. The minimum Gasteiger partial charge on any atom is -0.465 e. The molecule has 1 saturated carbocycles. The smallest absolute Gasteiger partial charge is 0.349 e. The highest BCUT2D eigenvalue weighted by atomic mass is 32.1. The zero-order valence-corrected chi connectivity index (χ0v) is 14.7. The summed E-state index contributed by atoms with van der Waals surface area (Å²) in [5, 5.41) is 17.6. The molecule has 3 rings (SSSR count). The number of ether oxygens (including phenoxy) is 1. The second-order valence-electron chi connectivity index (χ2n) is 5.31. The van der Waals surface area contributed by atoms with E-state index >= 15 is 0 Å². The number of esters is 1. The zero-order chi connectivity index (χ0) is 16.9. The van der Waals surface area contributed by atoms with Crippen LogP contribution in [0.4, 0.5) is 0 Å². The van der Waals surface area contributed by atoms with Crippen molar-refractivity contribution >= 4 is 40.8 Å². The van der Waals surface area contributed by atoms with Gasteiger partial charge in [-0.1, -0.05) is 12.2 Å². The van der Waals surface area contributed by atoms with Crippen LogP contribution < -0.4 is 0 Å². The molecule has 0 atom stereocenters. The highest BCUT2D eigenvalue weighted by molar-refractivity contribution is 7.08. The summed E-state index contributed by atoms with van der Waals surface area (Å²) in [6.45, 7) is 0. The molecule has 2 aromatic rings. The quantitative estimate of drug-likeness (QED) is 0.440. The maximum atomic E-state index is 12.1. The molecular weight excluding hydrogens is 338 g/mol. The fourth-order valence-corrected chi connectivity index (χ4v) is 3.99. The first-order valence-corrected chi connectivity index (χ1v) is 9.30. The predicted molar refractivity (Wildman–Crippen MR) is 98.5 cm³/mol. The van der Waals surface area contributed by atoms with Gasteiger partial charge in [0.1, 0.15) is 11.6 Å². The number of rotatable bonds is 3. The summed E-state index contributed by atoms with van der Waals surface area (Å²) in [6.07, 6.45) is 5.73. The van der Waals surface area contributed by atoms with Crippen molar-refractivity contribution in [1.82, 2.24) is 0 Å². The Bertz CT molecular complexity index is 809. The SMILES string of the molecule is COC(=O)C(C#N)=C1/C(=C/c2ccsc2)CC/C1=C\c1ccsc1. The molecule has 1 aliphatic carbocycles. The van der Waals surface area contributed by atoms with E-state index in [1.165, 1.54) is 7.11 Å². The lowest BCUT2D eigenvalue weighted by atomic mass is 9.97. The van der Waals surface area contributed by atoms with Crippen molar-refractivity contribution in [3.8, 4) is 6.07 Å². The van der Waals surface area contributed by atoms with Gasteiger partial charge in [-0.3, -0.25) is 0 Å². The molecule has 0 spiro atoms. The molecule has 0 radical (unpaired) electrons. The minimum atomic E-state index is -0.582. The number of thiophene rings is 2. The Morgan fingerprint density at radius 1 is 1.12 bits per heavy atom. The maximum Gasteiger partial charge on any atom is 0.349 e. The summed E-state index contributed by atoms with van der Waals surface area (Å²) in [5.41, 5.74) is 5.01. The predicted octanol–water partition coefficient (Wildman–Crippen LogP) is 5.06. The zero-order valence-electron chi connectivity index (χ0n) is 13.1. The van der Waals surface area contributed by atoms with Gasteiger partial charge >= 0.3 is 5.97 Å². The molecule has 0 aromatic carbocycles. The number of hydrogen-bond donors (Lipinski definition) is 0. The van der Waals surface area contributed by atoms with Crippen LogP contribution in [0.2, 0.25) is 0 Å². The summed E-state index contributed by atoms with van der Waals surface area (Å²) in [6, 6.07) is 6.10. The minimum absolute atomic E-state index is 0.0814. The second-order valence-corrected chi connectivity index (χ2v) is 6.87. The van der Waals surface area contributed by atoms with Gasteiger partial charge in [-0.15, -0.1) is 0 Å². The Morgan fingerprint density at radius 3 is 2.04 bits per heavy atom. The van der Waals surface area contributed by atoms with E-state index in [4.69, 9.17) is 4.74 Å². The van der Waals surface area contributed by atoms with Gasteiger partial charge in [-0.25, -0.2) is 4.79 Å². The summed E-state index contributed by atoms with van der Waals surface area (Å²) in [7, 11) is 1.31. The van der Waals surface area contributed by atoms with Crippen LogP contribution in [-0.2, 0) is 9.53 Å². The number of carbonyl (C=O) groups excluding carboxylic acids is 1.